The molecule has 24 heavy (non-hydrogen) atoms. The number of halogens is 1. The number of amides is 1. The van der Waals surface area contributed by atoms with Crippen LogP contribution in [-0.2, 0) is 11.2 Å². The van der Waals surface area contributed by atoms with Crippen LogP contribution in [0, 0.1) is 5.82 Å². The van der Waals surface area contributed by atoms with Gasteiger partial charge >= 0.3 is 0 Å². The highest BCUT2D eigenvalue weighted by atomic mass is 32.2. The fraction of sp³-hybridized carbons (Fsp3) is 0.312. The Bertz CT molecular complexity index is 847. The van der Waals surface area contributed by atoms with E-state index in [0.717, 1.165) is 22.9 Å². The minimum absolute atomic E-state index is 0.0916. The van der Waals surface area contributed by atoms with E-state index in [-0.39, 0.29) is 18.1 Å². The van der Waals surface area contributed by atoms with Crippen molar-refractivity contribution in [1.29, 1.82) is 0 Å². The van der Waals surface area contributed by atoms with Crippen LogP contribution in [0.3, 0.4) is 0 Å². The maximum Gasteiger partial charge on any atom is 0.230 e. The van der Waals surface area contributed by atoms with Crippen LogP contribution in [0.4, 0.5) is 9.52 Å². The number of hydrogen-bond donors (Lipinski definition) is 1. The molecule has 1 amide bonds. The summed E-state index contributed by atoms with van der Waals surface area (Å²) in [4.78, 5) is 12.2. The number of carbonyl (C=O) groups is 1. The average molecular weight is 365 g/mol. The largest absolute Gasteiger partial charge is 0.464 e. The second kappa shape index (κ2) is 7.76. The van der Waals surface area contributed by atoms with Crippen molar-refractivity contribution in [2.24, 2.45) is 0 Å². The van der Waals surface area contributed by atoms with E-state index in [9.17, 15) is 9.18 Å². The minimum Gasteiger partial charge on any atom is -0.464 e. The van der Waals surface area contributed by atoms with Gasteiger partial charge in [-0.15, -0.1) is 10.2 Å². The van der Waals surface area contributed by atoms with Crippen molar-refractivity contribution in [2.75, 3.05) is 11.1 Å². The lowest BCUT2D eigenvalue weighted by Crippen LogP contribution is -2.14. The molecule has 0 aliphatic rings. The number of fused-ring (bicyclic) bond motifs is 1. The van der Waals surface area contributed by atoms with Crippen molar-refractivity contribution in [3.05, 3.63) is 35.8 Å². The Morgan fingerprint density at radius 2 is 2.29 bits per heavy atom. The molecule has 126 valence electrons. The highest BCUT2D eigenvalue weighted by Crippen LogP contribution is 2.27. The van der Waals surface area contributed by atoms with Crippen molar-refractivity contribution < 1.29 is 13.6 Å². The first-order valence-corrected chi connectivity index (χ1v) is 9.37. The van der Waals surface area contributed by atoms with Gasteiger partial charge in [-0.25, -0.2) is 4.39 Å². The number of nitrogens with zero attached hydrogens (tertiary/aromatic N) is 2. The lowest BCUT2D eigenvalue weighted by atomic mass is 10.1. The number of hydrogen-bond acceptors (Lipinski definition) is 6. The molecule has 0 unspecified atom stereocenters. The first-order chi connectivity index (χ1) is 11.7. The molecule has 0 aliphatic heterocycles. The van der Waals surface area contributed by atoms with E-state index in [2.05, 4.69) is 22.4 Å². The number of carbonyl (C=O) groups excluding carboxylic acids is 1. The highest BCUT2D eigenvalue weighted by molar-refractivity contribution is 8.01. The van der Waals surface area contributed by atoms with Gasteiger partial charge in [-0.1, -0.05) is 36.4 Å². The molecule has 8 heteroatoms. The smallest absolute Gasteiger partial charge is 0.230 e. The molecule has 3 aromatic rings. The molecule has 2 aromatic heterocycles. The number of unbranched alkanes of at least 4 members (excludes halogenated alkanes) is 1. The van der Waals surface area contributed by atoms with E-state index in [0.29, 0.717) is 21.7 Å². The zero-order valence-corrected chi connectivity index (χ0v) is 14.7. The summed E-state index contributed by atoms with van der Waals surface area (Å²) in [6.45, 7) is 2.14. The summed E-state index contributed by atoms with van der Waals surface area (Å²) in [5.41, 5.74) is 1.20. The van der Waals surface area contributed by atoms with Crippen LogP contribution in [0.2, 0.25) is 0 Å². The van der Waals surface area contributed by atoms with Crippen molar-refractivity contribution in [3.8, 4) is 0 Å². The standard InChI is InChI=1S/C16H16FN3O2S2/c1-2-3-6-23-16-20-19-15(24-16)18-14(21)7-10-9-22-13-5-4-11(17)8-12(10)13/h4-5,8-9H,2-3,6-7H2,1H3,(H,18,19,21). The third-order valence-corrected chi connectivity index (χ3v) is 5.40. The van der Waals surface area contributed by atoms with Gasteiger partial charge in [0.2, 0.25) is 11.0 Å². The molecule has 2 heterocycles. The predicted octanol–water partition coefficient (Wildman–Crippen LogP) is 4.50. The Kier molecular flexibility index (Phi) is 5.47. The fourth-order valence-electron chi connectivity index (χ4n) is 2.15. The molecule has 1 aromatic carbocycles. The third-order valence-electron chi connectivity index (χ3n) is 3.34. The van der Waals surface area contributed by atoms with Gasteiger partial charge in [0, 0.05) is 16.7 Å². The van der Waals surface area contributed by atoms with Gasteiger partial charge in [0.05, 0.1) is 12.7 Å². The third kappa shape index (κ3) is 4.12. The average Bonchev–Trinajstić information content (AvgIpc) is 3.15. The molecule has 0 fully saturated rings. The van der Waals surface area contributed by atoms with Gasteiger partial charge in [0.15, 0.2) is 4.34 Å². The minimum atomic E-state index is -0.358. The summed E-state index contributed by atoms with van der Waals surface area (Å²) in [6, 6.07) is 4.25. The number of anilines is 1. The maximum absolute atomic E-state index is 13.3. The molecule has 0 bridgehead atoms. The quantitative estimate of drug-likeness (QED) is 0.379. The van der Waals surface area contributed by atoms with Gasteiger partial charge in [0.1, 0.15) is 11.4 Å². The summed E-state index contributed by atoms with van der Waals surface area (Å²) in [5.74, 6) is 0.401. The molecule has 1 N–H and O–H groups in total. The number of nitrogens with one attached hydrogen (secondary N) is 1. The van der Waals surface area contributed by atoms with E-state index >= 15 is 0 Å². The van der Waals surface area contributed by atoms with E-state index in [1.54, 1.807) is 17.8 Å². The fourth-order valence-corrected chi connectivity index (χ4v) is 4.07. The van der Waals surface area contributed by atoms with Gasteiger partial charge in [-0.05, 0) is 24.6 Å². The summed E-state index contributed by atoms with van der Waals surface area (Å²) in [6.07, 6.45) is 3.83. The summed E-state index contributed by atoms with van der Waals surface area (Å²) in [5, 5.41) is 11.8. The van der Waals surface area contributed by atoms with E-state index in [1.807, 2.05) is 0 Å². The topological polar surface area (TPSA) is 68.0 Å². The van der Waals surface area contributed by atoms with Crippen molar-refractivity contribution in [1.82, 2.24) is 10.2 Å². The lowest BCUT2D eigenvalue weighted by Gasteiger charge is -1.99. The zero-order valence-electron chi connectivity index (χ0n) is 13.0. The van der Waals surface area contributed by atoms with Gasteiger partial charge in [0.25, 0.3) is 0 Å². The highest BCUT2D eigenvalue weighted by Gasteiger charge is 2.13. The van der Waals surface area contributed by atoms with Gasteiger partial charge in [-0.3, -0.25) is 4.79 Å². The van der Waals surface area contributed by atoms with Crippen LogP contribution in [0.25, 0.3) is 11.0 Å². The monoisotopic (exact) mass is 365 g/mol. The normalized spacial score (nSPS) is 11.1. The molecule has 0 radical (unpaired) electrons. The SMILES string of the molecule is CCCCSc1nnc(NC(=O)Cc2coc3ccc(F)cc23)s1. The van der Waals surface area contributed by atoms with Gasteiger partial charge in [-0.2, -0.15) is 0 Å². The first kappa shape index (κ1) is 16.9. The molecular weight excluding hydrogens is 349 g/mol. The van der Waals surface area contributed by atoms with Crippen LogP contribution in [0.1, 0.15) is 25.3 Å². The molecular formula is C16H16FN3O2S2. The van der Waals surface area contributed by atoms with E-state index in [4.69, 9.17) is 4.42 Å². The van der Waals surface area contributed by atoms with Crippen molar-refractivity contribution >= 4 is 45.1 Å². The molecule has 0 saturated carbocycles. The number of thioether (sulfide) groups is 1. The Morgan fingerprint density at radius 3 is 3.12 bits per heavy atom. The number of benzene rings is 1. The maximum atomic E-state index is 13.3. The number of rotatable bonds is 7. The van der Waals surface area contributed by atoms with E-state index in [1.165, 1.54) is 29.7 Å². The molecule has 0 spiro atoms. The molecule has 5 nitrogen and oxygen atoms in total. The Labute approximate surface area is 146 Å². The molecule has 0 aliphatic carbocycles. The van der Waals surface area contributed by atoms with Crippen molar-refractivity contribution in [2.45, 2.75) is 30.5 Å². The Hall–Kier alpha value is -1.93. The second-order valence-electron chi connectivity index (χ2n) is 5.20. The summed E-state index contributed by atoms with van der Waals surface area (Å²) in [7, 11) is 0. The number of furan rings is 1. The molecule has 0 atom stereocenters. The van der Waals surface area contributed by atoms with Crippen molar-refractivity contribution in [3.63, 3.8) is 0 Å². The zero-order chi connectivity index (χ0) is 16.9. The van der Waals surface area contributed by atoms with Crippen LogP contribution < -0.4 is 5.32 Å². The summed E-state index contributed by atoms with van der Waals surface area (Å²) < 4.78 is 19.5. The van der Waals surface area contributed by atoms with Crippen LogP contribution >= 0.6 is 23.1 Å². The van der Waals surface area contributed by atoms with Gasteiger partial charge < -0.3 is 9.73 Å². The lowest BCUT2D eigenvalue weighted by molar-refractivity contribution is -0.115. The van der Waals surface area contributed by atoms with E-state index < -0.39 is 0 Å². The Morgan fingerprint density at radius 1 is 1.42 bits per heavy atom. The number of aromatic nitrogens is 2. The second-order valence-corrected chi connectivity index (χ2v) is 7.52. The first-order valence-electron chi connectivity index (χ1n) is 7.57. The van der Waals surface area contributed by atoms with Crippen LogP contribution in [-0.4, -0.2) is 21.9 Å². The Balaban J connectivity index is 1.62. The molecule has 3 rings (SSSR count). The molecule has 0 saturated heterocycles. The van der Waals surface area contributed by atoms with Crippen LogP contribution in [0.15, 0.2) is 33.2 Å². The summed E-state index contributed by atoms with van der Waals surface area (Å²) >= 11 is 2.99. The predicted molar refractivity (Wildman–Crippen MR) is 94.0 cm³/mol. The van der Waals surface area contributed by atoms with Crippen LogP contribution in [0.5, 0.6) is 0 Å².